The number of piperazine rings is 1. The maximum absolute atomic E-state index is 12.0. The van der Waals surface area contributed by atoms with Gasteiger partial charge < -0.3 is 10.6 Å². The third-order valence-electron chi connectivity index (χ3n) is 2.74. The molecule has 1 aromatic heterocycles. The Balaban J connectivity index is 2.00. The van der Waals surface area contributed by atoms with E-state index in [9.17, 15) is 13.2 Å². The number of carbonyl (C=O) groups is 1. The monoisotopic (exact) mass is 290 g/mol. The molecule has 1 saturated heterocycles. The molecule has 0 bridgehead atoms. The van der Waals surface area contributed by atoms with Crippen LogP contribution in [0.25, 0.3) is 0 Å². The summed E-state index contributed by atoms with van der Waals surface area (Å²) in [6.45, 7) is 1.40. The minimum absolute atomic E-state index is 0.198. The summed E-state index contributed by atoms with van der Waals surface area (Å²) in [5, 5.41) is 1.97. The number of thiazole rings is 1. The number of hydrogen-bond donors (Lipinski definition) is 1. The summed E-state index contributed by atoms with van der Waals surface area (Å²) in [5.74, 6) is -0.198. The summed E-state index contributed by atoms with van der Waals surface area (Å²) in [7, 11) is -3.17. The maximum atomic E-state index is 12.0. The van der Waals surface area contributed by atoms with Gasteiger partial charge in [0.05, 0.1) is 6.26 Å². The molecule has 7 nitrogen and oxygen atoms in total. The predicted molar refractivity (Wildman–Crippen MR) is 68.8 cm³/mol. The Morgan fingerprint density at radius 2 is 2.00 bits per heavy atom. The second-order valence-electron chi connectivity index (χ2n) is 4.03. The van der Waals surface area contributed by atoms with Crippen LogP contribution in [0, 0.1) is 0 Å². The Bertz CT molecular complexity index is 546. The van der Waals surface area contributed by atoms with Gasteiger partial charge in [0.25, 0.3) is 5.91 Å². The van der Waals surface area contributed by atoms with Crippen LogP contribution < -0.4 is 5.73 Å². The number of sulfonamides is 1. The first-order valence-corrected chi connectivity index (χ1v) is 8.06. The summed E-state index contributed by atoms with van der Waals surface area (Å²) in [6.07, 6.45) is 1.17. The lowest BCUT2D eigenvalue weighted by molar-refractivity contribution is 0.0693. The van der Waals surface area contributed by atoms with E-state index >= 15 is 0 Å². The highest BCUT2D eigenvalue weighted by atomic mass is 32.2. The van der Waals surface area contributed by atoms with Gasteiger partial charge in [0, 0.05) is 31.6 Å². The van der Waals surface area contributed by atoms with Crippen LogP contribution in [0.4, 0.5) is 5.13 Å². The number of rotatable bonds is 2. The van der Waals surface area contributed by atoms with Gasteiger partial charge in [-0.05, 0) is 0 Å². The van der Waals surface area contributed by atoms with Gasteiger partial charge in [-0.2, -0.15) is 4.31 Å². The minimum Gasteiger partial charge on any atom is -0.375 e. The number of anilines is 1. The molecule has 1 aromatic rings. The lowest BCUT2D eigenvalue weighted by atomic mass is 10.3. The van der Waals surface area contributed by atoms with Gasteiger partial charge in [0.1, 0.15) is 5.69 Å². The van der Waals surface area contributed by atoms with E-state index in [4.69, 9.17) is 5.73 Å². The van der Waals surface area contributed by atoms with Gasteiger partial charge in [0.2, 0.25) is 10.0 Å². The van der Waals surface area contributed by atoms with Gasteiger partial charge in [-0.3, -0.25) is 4.79 Å². The molecule has 9 heteroatoms. The van der Waals surface area contributed by atoms with Crippen LogP contribution in [0.2, 0.25) is 0 Å². The zero-order chi connectivity index (χ0) is 13.3. The number of nitrogen functional groups attached to an aromatic ring is 1. The molecule has 2 rings (SSSR count). The highest BCUT2D eigenvalue weighted by Gasteiger charge is 2.27. The van der Waals surface area contributed by atoms with Crippen molar-refractivity contribution in [1.82, 2.24) is 14.2 Å². The lowest BCUT2D eigenvalue weighted by Gasteiger charge is -2.32. The third kappa shape index (κ3) is 2.79. The van der Waals surface area contributed by atoms with Gasteiger partial charge in [0.15, 0.2) is 5.13 Å². The molecule has 0 saturated carbocycles. The highest BCUT2D eigenvalue weighted by Crippen LogP contribution is 2.15. The quantitative estimate of drug-likeness (QED) is 0.787. The van der Waals surface area contributed by atoms with Crippen LogP contribution in [0.3, 0.4) is 0 Å². The Labute approximate surface area is 109 Å². The normalized spacial score (nSPS) is 17.9. The molecule has 0 radical (unpaired) electrons. The number of hydrogen-bond acceptors (Lipinski definition) is 6. The summed E-state index contributed by atoms with van der Waals surface area (Å²) < 4.78 is 24.0. The second-order valence-corrected chi connectivity index (χ2v) is 6.90. The molecule has 1 amide bonds. The van der Waals surface area contributed by atoms with Crippen LogP contribution in [0.15, 0.2) is 5.38 Å². The van der Waals surface area contributed by atoms with Crippen molar-refractivity contribution in [3.8, 4) is 0 Å². The van der Waals surface area contributed by atoms with E-state index in [-0.39, 0.29) is 5.91 Å². The number of nitrogens with zero attached hydrogens (tertiary/aromatic N) is 3. The average molecular weight is 290 g/mol. The zero-order valence-corrected chi connectivity index (χ0v) is 11.5. The van der Waals surface area contributed by atoms with E-state index in [1.807, 2.05) is 0 Å². The first-order chi connectivity index (χ1) is 8.38. The van der Waals surface area contributed by atoms with Crippen LogP contribution in [-0.4, -0.2) is 60.9 Å². The Hall–Kier alpha value is -1.19. The molecule has 2 N–H and O–H groups in total. The highest BCUT2D eigenvalue weighted by molar-refractivity contribution is 7.88. The summed E-state index contributed by atoms with van der Waals surface area (Å²) in [4.78, 5) is 17.5. The number of aromatic nitrogens is 1. The summed E-state index contributed by atoms with van der Waals surface area (Å²) in [5.41, 5.74) is 5.80. The van der Waals surface area contributed by atoms with E-state index in [0.29, 0.717) is 37.0 Å². The fourth-order valence-corrected chi connectivity index (χ4v) is 3.13. The van der Waals surface area contributed by atoms with E-state index in [2.05, 4.69) is 4.98 Å². The predicted octanol–water partition coefficient (Wildman–Crippen LogP) is -0.557. The lowest BCUT2D eigenvalue weighted by Crippen LogP contribution is -2.50. The number of carbonyl (C=O) groups excluding carboxylic acids is 1. The maximum Gasteiger partial charge on any atom is 0.273 e. The van der Waals surface area contributed by atoms with E-state index in [1.165, 1.54) is 21.9 Å². The molecule has 0 spiro atoms. The van der Waals surface area contributed by atoms with E-state index in [0.717, 1.165) is 0 Å². The van der Waals surface area contributed by atoms with Gasteiger partial charge in [-0.25, -0.2) is 13.4 Å². The molecule has 18 heavy (non-hydrogen) atoms. The third-order valence-corrected chi connectivity index (χ3v) is 4.71. The molecular weight excluding hydrogens is 276 g/mol. The number of amides is 1. The fraction of sp³-hybridized carbons (Fsp3) is 0.556. The molecule has 1 fully saturated rings. The minimum atomic E-state index is -3.17. The van der Waals surface area contributed by atoms with Crippen LogP contribution in [-0.2, 0) is 10.0 Å². The molecule has 0 atom stereocenters. The van der Waals surface area contributed by atoms with Crippen molar-refractivity contribution in [2.75, 3.05) is 38.2 Å². The molecular formula is C9H14N4O3S2. The first kappa shape index (κ1) is 13.2. The van der Waals surface area contributed by atoms with Crippen molar-refractivity contribution in [2.45, 2.75) is 0 Å². The largest absolute Gasteiger partial charge is 0.375 e. The molecule has 100 valence electrons. The van der Waals surface area contributed by atoms with Crippen molar-refractivity contribution < 1.29 is 13.2 Å². The van der Waals surface area contributed by atoms with Crippen molar-refractivity contribution in [1.29, 1.82) is 0 Å². The number of nitrogens with two attached hydrogens (primary N) is 1. The van der Waals surface area contributed by atoms with Crippen LogP contribution in [0.1, 0.15) is 10.5 Å². The standard InChI is InChI=1S/C9H14N4O3S2/c1-18(15,16)13-4-2-12(3-5-13)8(14)7-6-17-9(10)11-7/h6H,2-5H2,1H3,(H2,10,11). The second kappa shape index (κ2) is 4.82. The van der Waals surface area contributed by atoms with Gasteiger partial charge >= 0.3 is 0 Å². The molecule has 1 aliphatic heterocycles. The average Bonchev–Trinajstić information content (AvgIpc) is 2.74. The molecule has 2 heterocycles. The zero-order valence-electron chi connectivity index (χ0n) is 9.87. The SMILES string of the molecule is CS(=O)(=O)N1CCN(C(=O)c2csc(N)n2)CC1. The van der Waals surface area contributed by atoms with Gasteiger partial charge in [-0.15, -0.1) is 11.3 Å². The van der Waals surface area contributed by atoms with Crippen LogP contribution in [0.5, 0.6) is 0 Å². The van der Waals surface area contributed by atoms with Crippen molar-refractivity contribution >= 4 is 32.4 Å². The summed E-state index contributed by atoms with van der Waals surface area (Å²) >= 11 is 1.21. The molecule has 0 aliphatic carbocycles. The van der Waals surface area contributed by atoms with Crippen molar-refractivity contribution in [3.63, 3.8) is 0 Å². The molecule has 0 unspecified atom stereocenters. The van der Waals surface area contributed by atoms with Crippen molar-refractivity contribution in [2.24, 2.45) is 0 Å². The van der Waals surface area contributed by atoms with Crippen molar-refractivity contribution in [3.05, 3.63) is 11.1 Å². The Morgan fingerprint density at radius 1 is 1.39 bits per heavy atom. The Kier molecular flexibility index (Phi) is 3.55. The van der Waals surface area contributed by atoms with Crippen LogP contribution >= 0.6 is 11.3 Å². The van der Waals surface area contributed by atoms with E-state index in [1.54, 1.807) is 10.3 Å². The topological polar surface area (TPSA) is 96.6 Å². The first-order valence-electron chi connectivity index (χ1n) is 5.33. The smallest absolute Gasteiger partial charge is 0.273 e. The Morgan fingerprint density at radius 3 is 2.44 bits per heavy atom. The fourth-order valence-electron chi connectivity index (χ4n) is 1.77. The summed E-state index contributed by atoms with van der Waals surface area (Å²) in [6, 6.07) is 0. The van der Waals surface area contributed by atoms with E-state index < -0.39 is 10.0 Å². The molecule has 1 aliphatic rings. The molecule has 0 aromatic carbocycles. The van der Waals surface area contributed by atoms with Gasteiger partial charge in [-0.1, -0.05) is 0 Å².